The number of hydrogen-bond donors (Lipinski definition) is 1. The standard InChI is InChI=1S/C14H23NOS/c1-9-6-13(4,5)8-14(9,16)7-12-15-10(2)11(3)17-12/h9,16H,6-8H2,1-5H3. The molecular weight excluding hydrogens is 230 g/mol. The molecule has 3 heteroatoms. The molecule has 1 heterocycles. The van der Waals surface area contributed by atoms with Crippen LogP contribution in [0.15, 0.2) is 0 Å². The van der Waals surface area contributed by atoms with Gasteiger partial charge >= 0.3 is 0 Å². The number of aryl methyl sites for hydroxylation is 2. The lowest BCUT2D eigenvalue weighted by Gasteiger charge is -2.27. The van der Waals surface area contributed by atoms with E-state index in [-0.39, 0.29) is 5.41 Å². The summed E-state index contributed by atoms with van der Waals surface area (Å²) in [7, 11) is 0. The van der Waals surface area contributed by atoms with Crippen molar-refractivity contribution in [3.63, 3.8) is 0 Å². The lowest BCUT2D eigenvalue weighted by Crippen LogP contribution is -2.34. The summed E-state index contributed by atoms with van der Waals surface area (Å²) < 4.78 is 0. The largest absolute Gasteiger partial charge is 0.389 e. The van der Waals surface area contributed by atoms with Crippen LogP contribution >= 0.6 is 11.3 Å². The van der Waals surface area contributed by atoms with E-state index in [1.165, 1.54) is 4.88 Å². The highest BCUT2D eigenvalue weighted by molar-refractivity contribution is 7.11. The van der Waals surface area contributed by atoms with Crippen molar-refractivity contribution < 1.29 is 5.11 Å². The normalized spacial score (nSPS) is 32.0. The van der Waals surface area contributed by atoms with E-state index in [0.29, 0.717) is 5.92 Å². The number of hydrogen-bond acceptors (Lipinski definition) is 3. The molecule has 96 valence electrons. The summed E-state index contributed by atoms with van der Waals surface area (Å²) in [6.07, 6.45) is 2.71. The minimum Gasteiger partial charge on any atom is -0.389 e. The fourth-order valence-electron chi connectivity index (χ4n) is 3.21. The van der Waals surface area contributed by atoms with Crippen molar-refractivity contribution in [2.24, 2.45) is 11.3 Å². The van der Waals surface area contributed by atoms with Gasteiger partial charge in [0.2, 0.25) is 0 Å². The van der Waals surface area contributed by atoms with Gasteiger partial charge in [-0.2, -0.15) is 0 Å². The molecule has 0 spiro atoms. The lowest BCUT2D eigenvalue weighted by atomic mass is 9.87. The van der Waals surface area contributed by atoms with E-state index in [4.69, 9.17) is 0 Å². The van der Waals surface area contributed by atoms with Crippen molar-refractivity contribution in [1.82, 2.24) is 4.98 Å². The monoisotopic (exact) mass is 253 g/mol. The van der Waals surface area contributed by atoms with E-state index in [1.54, 1.807) is 11.3 Å². The van der Waals surface area contributed by atoms with Gasteiger partial charge in [-0.1, -0.05) is 20.8 Å². The Morgan fingerprint density at radius 2 is 2.06 bits per heavy atom. The zero-order valence-electron chi connectivity index (χ0n) is 11.5. The van der Waals surface area contributed by atoms with Crippen LogP contribution in [0.4, 0.5) is 0 Å². The summed E-state index contributed by atoms with van der Waals surface area (Å²) in [5.74, 6) is 0.363. The van der Waals surface area contributed by atoms with Crippen molar-refractivity contribution in [1.29, 1.82) is 0 Å². The van der Waals surface area contributed by atoms with Crippen molar-refractivity contribution in [2.75, 3.05) is 0 Å². The summed E-state index contributed by atoms with van der Waals surface area (Å²) in [5, 5.41) is 11.9. The molecule has 1 aromatic heterocycles. The van der Waals surface area contributed by atoms with E-state index in [1.807, 2.05) is 6.92 Å². The van der Waals surface area contributed by atoms with E-state index in [2.05, 4.69) is 32.7 Å². The van der Waals surface area contributed by atoms with Crippen molar-refractivity contribution in [3.05, 3.63) is 15.6 Å². The second-order valence-electron chi connectivity index (χ2n) is 6.48. The molecule has 0 aliphatic heterocycles. The minimum atomic E-state index is -0.555. The first kappa shape index (κ1) is 13.0. The summed E-state index contributed by atoms with van der Waals surface area (Å²) in [4.78, 5) is 5.83. The molecule has 0 radical (unpaired) electrons. The number of nitrogens with zero attached hydrogens (tertiary/aromatic N) is 1. The predicted molar refractivity (Wildman–Crippen MR) is 72.4 cm³/mol. The zero-order valence-corrected chi connectivity index (χ0v) is 12.3. The van der Waals surface area contributed by atoms with Crippen LogP contribution in [0, 0.1) is 25.2 Å². The van der Waals surface area contributed by atoms with Gasteiger partial charge in [0.15, 0.2) is 0 Å². The van der Waals surface area contributed by atoms with Gasteiger partial charge in [-0.25, -0.2) is 4.98 Å². The number of rotatable bonds is 2. The molecule has 1 fully saturated rings. The van der Waals surface area contributed by atoms with Gasteiger partial charge in [-0.3, -0.25) is 0 Å². The molecule has 0 saturated heterocycles. The van der Waals surface area contributed by atoms with Gasteiger partial charge < -0.3 is 5.11 Å². The summed E-state index contributed by atoms with van der Waals surface area (Å²) in [5.41, 5.74) is 0.814. The molecule has 2 atom stereocenters. The molecule has 2 rings (SSSR count). The maximum absolute atomic E-state index is 10.8. The predicted octanol–water partition coefficient (Wildman–Crippen LogP) is 3.49. The van der Waals surface area contributed by atoms with Crippen LogP contribution in [-0.2, 0) is 6.42 Å². The third-order valence-corrected chi connectivity index (χ3v) is 5.16. The quantitative estimate of drug-likeness (QED) is 0.875. The molecule has 0 bridgehead atoms. The number of aliphatic hydroxyl groups is 1. The van der Waals surface area contributed by atoms with Crippen molar-refractivity contribution in [3.8, 4) is 0 Å². The molecule has 1 saturated carbocycles. The lowest BCUT2D eigenvalue weighted by molar-refractivity contribution is 0.00440. The molecule has 0 aromatic carbocycles. The van der Waals surface area contributed by atoms with Crippen molar-refractivity contribution in [2.45, 2.75) is 59.5 Å². The van der Waals surface area contributed by atoms with Gasteiger partial charge in [0.05, 0.1) is 16.3 Å². The van der Waals surface area contributed by atoms with Crippen molar-refractivity contribution >= 4 is 11.3 Å². The van der Waals surface area contributed by atoms with Crippen LogP contribution in [0.1, 0.15) is 49.2 Å². The first-order chi connectivity index (χ1) is 7.72. The van der Waals surface area contributed by atoms with E-state index >= 15 is 0 Å². The van der Waals surface area contributed by atoms with Gasteiger partial charge in [-0.05, 0) is 38.0 Å². The molecular formula is C14H23NOS. The van der Waals surface area contributed by atoms with Gasteiger partial charge in [0, 0.05) is 11.3 Å². The van der Waals surface area contributed by atoms with Gasteiger partial charge in [0.1, 0.15) is 0 Å². The Labute approximate surface area is 108 Å². The SMILES string of the molecule is Cc1nc(CC2(O)CC(C)(C)CC2C)sc1C. The Bertz CT molecular complexity index is 404. The fourth-order valence-corrected chi connectivity index (χ4v) is 4.26. The smallest absolute Gasteiger partial charge is 0.0959 e. The fraction of sp³-hybridized carbons (Fsp3) is 0.786. The van der Waals surface area contributed by atoms with Crippen LogP contribution in [0.2, 0.25) is 0 Å². The van der Waals surface area contributed by atoms with Crippen LogP contribution in [0.5, 0.6) is 0 Å². The molecule has 2 nitrogen and oxygen atoms in total. The summed E-state index contributed by atoms with van der Waals surface area (Å²) in [6.45, 7) is 10.8. The Morgan fingerprint density at radius 1 is 1.41 bits per heavy atom. The molecule has 1 N–H and O–H groups in total. The second-order valence-corrected chi connectivity index (χ2v) is 7.76. The van der Waals surface area contributed by atoms with Crippen LogP contribution < -0.4 is 0 Å². The third kappa shape index (κ3) is 2.55. The highest BCUT2D eigenvalue weighted by atomic mass is 32.1. The molecule has 1 aliphatic carbocycles. The van der Waals surface area contributed by atoms with Gasteiger partial charge in [0.25, 0.3) is 0 Å². The average Bonchev–Trinajstić information content (AvgIpc) is 2.51. The van der Waals surface area contributed by atoms with E-state index in [0.717, 1.165) is 30.0 Å². The van der Waals surface area contributed by atoms with Gasteiger partial charge in [-0.15, -0.1) is 11.3 Å². The Balaban J connectivity index is 2.18. The highest BCUT2D eigenvalue weighted by Crippen LogP contribution is 2.49. The Morgan fingerprint density at radius 3 is 2.47 bits per heavy atom. The average molecular weight is 253 g/mol. The van der Waals surface area contributed by atoms with Crippen LogP contribution in [0.25, 0.3) is 0 Å². The highest BCUT2D eigenvalue weighted by Gasteiger charge is 2.47. The Kier molecular flexibility index (Phi) is 3.11. The van der Waals surface area contributed by atoms with Crippen LogP contribution in [0.3, 0.4) is 0 Å². The molecule has 1 aromatic rings. The van der Waals surface area contributed by atoms with E-state index < -0.39 is 5.60 Å². The maximum Gasteiger partial charge on any atom is 0.0959 e. The number of thiazole rings is 1. The molecule has 1 aliphatic rings. The molecule has 2 unspecified atom stereocenters. The summed E-state index contributed by atoms with van der Waals surface area (Å²) >= 11 is 1.73. The van der Waals surface area contributed by atoms with Crippen LogP contribution in [-0.4, -0.2) is 15.7 Å². The Hall–Kier alpha value is -0.410. The van der Waals surface area contributed by atoms with E-state index in [9.17, 15) is 5.11 Å². The second kappa shape index (κ2) is 4.06. The third-order valence-electron chi connectivity index (χ3n) is 4.09. The first-order valence-corrected chi connectivity index (χ1v) is 7.19. The number of aromatic nitrogens is 1. The maximum atomic E-state index is 10.8. The first-order valence-electron chi connectivity index (χ1n) is 6.37. The topological polar surface area (TPSA) is 33.1 Å². The minimum absolute atomic E-state index is 0.259. The molecule has 17 heavy (non-hydrogen) atoms. The zero-order chi connectivity index (χ0) is 12.8. The molecule has 0 amide bonds. The summed E-state index contributed by atoms with van der Waals surface area (Å²) in [6, 6.07) is 0.